The van der Waals surface area contributed by atoms with E-state index in [1.165, 1.54) is 6.29 Å². The number of aldehydes is 1. The number of carbonyl (C=O) groups is 2. The minimum Gasteiger partial charge on any atom is -0.454 e. The van der Waals surface area contributed by atoms with E-state index in [1.807, 2.05) is 44.2 Å². The third-order valence-corrected chi connectivity index (χ3v) is 20.1. The third kappa shape index (κ3) is 5.08. The van der Waals surface area contributed by atoms with Crippen molar-refractivity contribution in [3.8, 4) is 0 Å². The number of benzene rings is 1. The van der Waals surface area contributed by atoms with E-state index >= 15 is 4.79 Å². The lowest BCUT2D eigenvalue weighted by atomic mass is 9.43. The van der Waals surface area contributed by atoms with Crippen LogP contribution in [0, 0.1) is 45.8 Å². The van der Waals surface area contributed by atoms with Gasteiger partial charge in [-0.05, 0) is 92.8 Å². The van der Waals surface area contributed by atoms with Gasteiger partial charge >= 0.3 is 11.9 Å². The Morgan fingerprint density at radius 3 is 2.41 bits per heavy atom. The molecule has 4 aliphatic heterocycles. The van der Waals surface area contributed by atoms with E-state index in [1.54, 1.807) is 0 Å². The SMILES string of the molecule is CCCOC1C2OC3(OCC45CC6C(C)CCC6C6(C=O)CC4C=C(C(C)C)C65C(=O)OC(C)(C)c4ccccc4)OC2OC1C3O[Si](C)(C)C(C)(C)C. The van der Waals surface area contributed by atoms with Gasteiger partial charge in [0.1, 0.15) is 35.6 Å². The van der Waals surface area contributed by atoms with Gasteiger partial charge in [0.15, 0.2) is 20.7 Å². The van der Waals surface area contributed by atoms with Crippen molar-refractivity contribution in [2.75, 3.05) is 13.2 Å². The number of rotatable bonds is 13. The van der Waals surface area contributed by atoms with Crippen LogP contribution in [0.5, 0.6) is 0 Å². The molecule has 10 heteroatoms. The second kappa shape index (κ2) is 12.8. The molecule has 9 nitrogen and oxygen atoms in total. The summed E-state index contributed by atoms with van der Waals surface area (Å²) >= 11 is 0. The third-order valence-electron chi connectivity index (χ3n) is 15.6. The minimum atomic E-state index is -2.43. The van der Waals surface area contributed by atoms with Gasteiger partial charge in [-0.1, -0.05) is 96.9 Å². The van der Waals surface area contributed by atoms with Gasteiger partial charge in [-0.3, -0.25) is 9.53 Å². The van der Waals surface area contributed by atoms with Gasteiger partial charge in [0, 0.05) is 12.0 Å². The quantitative estimate of drug-likeness (QED) is 0.0850. The molecule has 8 aliphatic rings. The van der Waals surface area contributed by atoms with Crippen molar-refractivity contribution in [2.45, 2.75) is 155 Å². The lowest BCUT2D eigenvalue weighted by Gasteiger charge is -2.59. The molecule has 4 saturated heterocycles. The summed E-state index contributed by atoms with van der Waals surface area (Å²) in [6.07, 6.45) is 5.09. The van der Waals surface area contributed by atoms with Crippen LogP contribution < -0.4 is 0 Å². The normalized spacial score (nSPS) is 43.2. The minimum absolute atomic E-state index is 0.0140. The van der Waals surface area contributed by atoms with Crippen LogP contribution in [0.4, 0.5) is 0 Å². The van der Waals surface area contributed by atoms with E-state index in [-0.39, 0.29) is 47.4 Å². The van der Waals surface area contributed by atoms with Crippen molar-refractivity contribution in [1.29, 1.82) is 0 Å². The van der Waals surface area contributed by atoms with Crippen LogP contribution in [0.15, 0.2) is 42.0 Å². The number of hydrogen-bond donors (Lipinski definition) is 0. The Morgan fingerprint density at radius 1 is 1.04 bits per heavy atom. The van der Waals surface area contributed by atoms with Gasteiger partial charge in [-0.25, -0.2) is 0 Å². The van der Waals surface area contributed by atoms with Crippen LogP contribution in [0.1, 0.15) is 100.0 Å². The van der Waals surface area contributed by atoms with Crippen molar-refractivity contribution in [3.05, 3.63) is 47.5 Å². The zero-order valence-corrected chi connectivity index (χ0v) is 35.4. The molecule has 3 saturated carbocycles. The Labute approximate surface area is 323 Å². The van der Waals surface area contributed by atoms with E-state index in [9.17, 15) is 4.79 Å². The number of carbonyl (C=O) groups excluding carboxylic acids is 2. The maximum Gasteiger partial charge on any atom is 0.318 e. The number of ether oxygens (including phenoxy) is 6. The first-order chi connectivity index (χ1) is 25.3. The summed E-state index contributed by atoms with van der Waals surface area (Å²) in [6.45, 7) is 24.4. The zero-order chi connectivity index (χ0) is 38.9. The molecule has 0 spiro atoms. The number of allylic oxidation sites excluding steroid dienone is 1. The molecule has 1 aromatic rings. The fourth-order valence-electron chi connectivity index (χ4n) is 12.1. The van der Waals surface area contributed by atoms with Gasteiger partial charge in [0.05, 0.1) is 12.0 Å². The van der Waals surface area contributed by atoms with Gasteiger partial charge in [-0.15, -0.1) is 0 Å². The van der Waals surface area contributed by atoms with Crippen LogP contribution >= 0.6 is 0 Å². The molecule has 4 heterocycles. The first-order valence-corrected chi connectivity index (χ1v) is 23.7. The molecule has 0 aromatic heterocycles. The Balaban J connectivity index is 1.23. The molecule has 13 unspecified atom stereocenters. The predicted octanol–water partition coefficient (Wildman–Crippen LogP) is 8.31. The zero-order valence-electron chi connectivity index (χ0n) is 34.4. The lowest BCUT2D eigenvalue weighted by Crippen LogP contribution is -2.68. The van der Waals surface area contributed by atoms with E-state index in [4.69, 9.17) is 32.8 Å². The van der Waals surface area contributed by atoms with Crippen LogP contribution in [0.2, 0.25) is 18.1 Å². The van der Waals surface area contributed by atoms with Gasteiger partial charge in [-0.2, -0.15) is 0 Å². The van der Waals surface area contributed by atoms with Crippen LogP contribution in [-0.2, 0) is 48.0 Å². The van der Waals surface area contributed by atoms with E-state index in [0.29, 0.717) is 18.9 Å². The molecule has 7 fully saturated rings. The molecule has 54 heavy (non-hydrogen) atoms. The highest BCUT2D eigenvalue weighted by molar-refractivity contribution is 6.74. The largest absolute Gasteiger partial charge is 0.454 e. The van der Waals surface area contributed by atoms with Crippen molar-refractivity contribution in [1.82, 2.24) is 0 Å². The molecule has 9 rings (SSSR count). The fraction of sp³-hybridized carbons (Fsp3) is 0.773. The summed E-state index contributed by atoms with van der Waals surface area (Å²) in [6, 6.07) is 9.91. The Kier molecular flexibility index (Phi) is 9.22. The highest BCUT2D eigenvalue weighted by Crippen LogP contribution is 2.83. The standard InChI is InChI=1S/C44H64O9Si/c1-12-20-47-33-34-36(53-54(10,11)39(5,6)7)44(50-35(33)37(49-34)51-44)48-25-42-23-30-27(4)18-19-31(30)41(24-45)22-29(42)21-32(26(2)3)43(41,42)38(46)52-40(8,9)28-16-14-13-15-17-28/h13-17,21,24,26-27,29-31,33-37H,12,18-20,22-23,25H2,1-11H3. The summed E-state index contributed by atoms with van der Waals surface area (Å²) in [5.41, 5.74) is -1.91. The van der Waals surface area contributed by atoms with E-state index in [2.05, 4.69) is 67.6 Å². The summed E-state index contributed by atoms with van der Waals surface area (Å²) in [5.74, 6) is -1.13. The maximum atomic E-state index is 15.8. The van der Waals surface area contributed by atoms with Gasteiger partial charge in [0.2, 0.25) is 0 Å². The average Bonchev–Trinajstić information content (AvgIpc) is 3.84. The van der Waals surface area contributed by atoms with Crippen LogP contribution in [-0.4, -0.2) is 70.5 Å². The number of hydrogen-bond acceptors (Lipinski definition) is 9. The Bertz CT molecular complexity index is 1670. The molecule has 0 radical (unpaired) electrons. The Morgan fingerprint density at radius 2 is 1.76 bits per heavy atom. The van der Waals surface area contributed by atoms with Crippen molar-refractivity contribution < 1.29 is 42.4 Å². The van der Waals surface area contributed by atoms with Crippen molar-refractivity contribution in [2.24, 2.45) is 45.8 Å². The van der Waals surface area contributed by atoms with Crippen molar-refractivity contribution in [3.63, 3.8) is 0 Å². The number of fused-ring (bicyclic) bond motifs is 2. The predicted molar refractivity (Wildman–Crippen MR) is 205 cm³/mol. The smallest absolute Gasteiger partial charge is 0.318 e. The molecule has 0 amide bonds. The topological polar surface area (TPSA) is 98.8 Å². The molecule has 298 valence electrons. The maximum absolute atomic E-state index is 15.8. The number of esters is 1. The fourth-order valence-corrected chi connectivity index (χ4v) is 13.4. The van der Waals surface area contributed by atoms with E-state index < -0.39 is 60.7 Å². The summed E-state index contributed by atoms with van der Waals surface area (Å²) in [4.78, 5) is 29.9. The highest BCUT2D eigenvalue weighted by atomic mass is 28.4. The van der Waals surface area contributed by atoms with Crippen molar-refractivity contribution >= 4 is 20.6 Å². The first-order valence-electron chi connectivity index (χ1n) is 20.8. The molecule has 0 N–H and O–H groups in total. The lowest BCUT2D eigenvalue weighted by molar-refractivity contribution is -0.445. The molecule has 13 atom stereocenters. The average molecular weight is 765 g/mol. The second-order valence-electron chi connectivity index (χ2n) is 20.1. The summed E-state index contributed by atoms with van der Waals surface area (Å²) in [5, 5.41) is -0.105. The summed E-state index contributed by atoms with van der Waals surface area (Å²) in [7, 11) is -2.43. The molecular formula is C44H64O9Si. The Hall–Kier alpha value is -1.92. The highest BCUT2D eigenvalue weighted by Gasteiger charge is 2.85. The van der Waals surface area contributed by atoms with E-state index in [0.717, 1.165) is 36.8 Å². The van der Waals surface area contributed by atoms with Crippen LogP contribution in [0.25, 0.3) is 0 Å². The molecular weight excluding hydrogens is 701 g/mol. The second-order valence-corrected chi connectivity index (χ2v) is 24.9. The first kappa shape index (κ1) is 38.9. The van der Waals surface area contributed by atoms with Crippen LogP contribution in [0.3, 0.4) is 0 Å². The molecule has 4 aliphatic carbocycles. The van der Waals surface area contributed by atoms with Gasteiger partial charge in [0.25, 0.3) is 0 Å². The molecule has 1 aromatic carbocycles. The molecule has 8 bridgehead atoms. The monoisotopic (exact) mass is 764 g/mol. The summed E-state index contributed by atoms with van der Waals surface area (Å²) < 4.78 is 47.7. The van der Waals surface area contributed by atoms with Gasteiger partial charge < -0.3 is 32.9 Å².